The molecule has 2 aromatic carbocycles. The number of hydrogen-bond donors (Lipinski definition) is 0. The number of esters is 1. The molecule has 1 aliphatic carbocycles. The number of ether oxygens (including phenoxy) is 2. The van der Waals surface area contributed by atoms with Crippen molar-refractivity contribution in [3.8, 4) is 5.88 Å². The summed E-state index contributed by atoms with van der Waals surface area (Å²) >= 11 is 0. The fourth-order valence-electron chi connectivity index (χ4n) is 6.34. The molecule has 3 heterocycles. The minimum Gasteiger partial charge on any atom is -0.473 e. The van der Waals surface area contributed by atoms with E-state index in [1.54, 1.807) is 10.9 Å². The highest BCUT2D eigenvalue weighted by Crippen LogP contribution is 2.42. The minimum absolute atomic E-state index is 0.0475. The molecule has 4 aromatic rings. The maximum Gasteiger partial charge on any atom is 0.306 e. The number of carbonyl (C=O) groups excluding carboxylic acids is 1. The summed E-state index contributed by atoms with van der Waals surface area (Å²) in [5, 5.41) is 8.62. The van der Waals surface area contributed by atoms with E-state index < -0.39 is 0 Å². The summed E-state index contributed by atoms with van der Waals surface area (Å²) in [6.45, 7) is 8.04. The maximum atomic E-state index is 12.8. The molecule has 0 spiro atoms. The number of aromatic nitrogens is 4. The van der Waals surface area contributed by atoms with Gasteiger partial charge in [-0.2, -0.15) is 0 Å². The summed E-state index contributed by atoms with van der Waals surface area (Å²) in [5.74, 6) is 0.406. The first-order valence-corrected chi connectivity index (χ1v) is 13.8. The number of rotatable bonds is 6. The van der Waals surface area contributed by atoms with E-state index in [-0.39, 0.29) is 30.5 Å². The number of fused-ring (bicyclic) bond motifs is 3. The van der Waals surface area contributed by atoms with Crippen LogP contribution >= 0.6 is 0 Å². The molecule has 0 amide bonds. The molecule has 0 fully saturated rings. The van der Waals surface area contributed by atoms with Gasteiger partial charge in [0, 0.05) is 43.9 Å². The Morgan fingerprint density at radius 3 is 2.92 bits per heavy atom. The fraction of sp³-hybridized carbons (Fsp3) is 0.419. The average molecular weight is 526 g/mol. The summed E-state index contributed by atoms with van der Waals surface area (Å²) in [6, 6.07) is 15.3. The standard InChI is InChI=1S/C31H35N5O3/c1-5-38-29(37)16-25(24-11-13-28-30(20(24)3)33-34-35(28)4)22-9-8-21-10-12-27(26(21)15-22)36-17-19(2)39-31-23(18-36)7-6-14-32-31/h6-9,11,13-15,19,25,27H,5,10,12,16-18H2,1-4H3. The predicted octanol–water partition coefficient (Wildman–Crippen LogP) is 5.03. The average Bonchev–Trinajstić information content (AvgIpc) is 3.47. The fourth-order valence-corrected chi connectivity index (χ4v) is 6.34. The van der Waals surface area contributed by atoms with Crippen LogP contribution in [0.1, 0.15) is 72.0 Å². The van der Waals surface area contributed by atoms with Crippen molar-refractivity contribution in [2.75, 3.05) is 13.2 Å². The lowest BCUT2D eigenvalue weighted by Crippen LogP contribution is -2.33. The zero-order chi connectivity index (χ0) is 27.1. The molecule has 1 aliphatic heterocycles. The van der Waals surface area contributed by atoms with Gasteiger partial charge in [0.25, 0.3) is 0 Å². The highest BCUT2D eigenvalue weighted by atomic mass is 16.5. The highest BCUT2D eigenvalue weighted by Gasteiger charge is 2.33. The largest absolute Gasteiger partial charge is 0.473 e. The van der Waals surface area contributed by atoms with E-state index in [1.807, 2.05) is 20.0 Å². The molecule has 39 heavy (non-hydrogen) atoms. The Morgan fingerprint density at radius 2 is 2.08 bits per heavy atom. The smallest absolute Gasteiger partial charge is 0.306 e. The third-order valence-corrected chi connectivity index (χ3v) is 8.22. The lowest BCUT2D eigenvalue weighted by molar-refractivity contribution is -0.143. The first-order chi connectivity index (χ1) is 18.9. The van der Waals surface area contributed by atoms with Gasteiger partial charge in [-0.25, -0.2) is 9.67 Å². The third-order valence-electron chi connectivity index (χ3n) is 8.22. The monoisotopic (exact) mass is 525 g/mol. The van der Waals surface area contributed by atoms with Gasteiger partial charge in [0.2, 0.25) is 5.88 Å². The van der Waals surface area contributed by atoms with Crippen LogP contribution in [0.3, 0.4) is 0 Å². The molecule has 8 heteroatoms. The second kappa shape index (κ2) is 10.4. The number of aryl methyl sites for hydroxylation is 3. The SMILES string of the molecule is CCOC(=O)CC(c1ccc2c(c1)C(N1Cc3cccnc3OC(C)C1)CC2)c1ccc2c(nnn2C)c1C. The molecule has 0 bridgehead atoms. The molecular weight excluding hydrogens is 490 g/mol. The first kappa shape index (κ1) is 25.5. The number of carbonyl (C=O) groups is 1. The predicted molar refractivity (Wildman–Crippen MR) is 149 cm³/mol. The summed E-state index contributed by atoms with van der Waals surface area (Å²) in [6.07, 6.45) is 4.22. The van der Waals surface area contributed by atoms with E-state index in [2.05, 4.69) is 70.4 Å². The lowest BCUT2D eigenvalue weighted by Gasteiger charge is -2.30. The Labute approximate surface area is 228 Å². The van der Waals surface area contributed by atoms with Crippen molar-refractivity contribution in [2.24, 2.45) is 7.05 Å². The molecule has 8 nitrogen and oxygen atoms in total. The molecule has 0 saturated carbocycles. The zero-order valence-electron chi connectivity index (χ0n) is 23.1. The van der Waals surface area contributed by atoms with Gasteiger partial charge in [0.1, 0.15) is 11.6 Å². The van der Waals surface area contributed by atoms with Crippen LogP contribution in [-0.4, -0.2) is 50.1 Å². The maximum absolute atomic E-state index is 12.8. The molecule has 0 saturated heterocycles. The Hall–Kier alpha value is -3.78. The molecule has 2 aliphatic rings. The van der Waals surface area contributed by atoms with Gasteiger partial charge < -0.3 is 9.47 Å². The van der Waals surface area contributed by atoms with Crippen molar-refractivity contribution in [1.29, 1.82) is 0 Å². The van der Waals surface area contributed by atoms with E-state index in [9.17, 15) is 4.79 Å². The van der Waals surface area contributed by atoms with Crippen LogP contribution in [0.5, 0.6) is 5.88 Å². The molecular formula is C31H35N5O3. The third kappa shape index (κ3) is 4.78. The molecule has 3 atom stereocenters. The Balaban J connectivity index is 1.39. The number of pyridine rings is 1. The Kier molecular flexibility index (Phi) is 6.81. The van der Waals surface area contributed by atoms with E-state index in [0.717, 1.165) is 65.1 Å². The molecule has 202 valence electrons. The van der Waals surface area contributed by atoms with Crippen LogP contribution in [0.25, 0.3) is 11.0 Å². The topological polar surface area (TPSA) is 82.4 Å². The molecule has 2 aromatic heterocycles. The number of hydrogen-bond acceptors (Lipinski definition) is 7. The van der Waals surface area contributed by atoms with Crippen LogP contribution in [0.4, 0.5) is 0 Å². The van der Waals surface area contributed by atoms with Crippen molar-refractivity contribution < 1.29 is 14.3 Å². The van der Waals surface area contributed by atoms with Gasteiger partial charge in [0.05, 0.1) is 18.5 Å². The van der Waals surface area contributed by atoms with E-state index in [1.165, 1.54) is 11.1 Å². The quantitative estimate of drug-likeness (QED) is 0.327. The van der Waals surface area contributed by atoms with Crippen molar-refractivity contribution in [3.63, 3.8) is 0 Å². The van der Waals surface area contributed by atoms with Crippen LogP contribution in [0, 0.1) is 6.92 Å². The first-order valence-electron chi connectivity index (χ1n) is 13.8. The van der Waals surface area contributed by atoms with Crippen molar-refractivity contribution in [3.05, 3.63) is 82.0 Å². The van der Waals surface area contributed by atoms with Crippen LogP contribution in [0.2, 0.25) is 0 Å². The van der Waals surface area contributed by atoms with E-state index in [0.29, 0.717) is 6.61 Å². The van der Waals surface area contributed by atoms with Crippen molar-refractivity contribution in [1.82, 2.24) is 24.9 Å². The Morgan fingerprint density at radius 1 is 1.21 bits per heavy atom. The Bertz CT molecular complexity index is 1530. The summed E-state index contributed by atoms with van der Waals surface area (Å²) in [7, 11) is 1.90. The molecule has 0 radical (unpaired) electrons. The lowest BCUT2D eigenvalue weighted by atomic mass is 9.84. The van der Waals surface area contributed by atoms with Crippen molar-refractivity contribution >= 4 is 17.0 Å². The summed E-state index contributed by atoms with van der Waals surface area (Å²) < 4.78 is 13.4. The summed E-state index contributed by atoms with van der Waals surface area (Å²) in [5.41, 5.74) is 8.96. The number of benzene rings is 2. The van der Waals surface area contributed by atoms with Gasteiger partial charge in [-0.1, -0.05) is 35.5 Å². The second-order valence-electron chi connectivity index (χ2n) is 10.8. The van der Waals surface area contributed by atoms with Crippen molar-refractivity contribution in [2.45, 2.75) is 64.6 Å². The minimum atomic E-state index is -0.194. The highest BCUT2D eigenvalue weighted by molar-refractivity contribution is 5.80. The molecule has 6 rings (SSSR count). The zero-order valence-corrected chi connectivity index (χ0v) is 23.1. The van der Waals surface area contributed by atoms with Gasteiger partial charge in [-0.05, 0) is 73.6 Å². The normalized spacial score (nSPS) is 19.7. The number of nitrogens with zero attached hydrogens (tertiary/aromatic N) is 5. The van der Waals surface area contributed by atoms with Crippen LogP contribution < -0.4 is 4.74 Å². The van der Waals surface area contributed by atoms with Gasteiger partial charge in [-0.3, -0.25) is 9.69 Å². The molecule has 0 N–H and O–H groups in total. The summed E-state index contributed by atoms with van der Waals surface area (Å²) in [4.78, 5) is 19.8. The van der Waals surface area contributed by atoms with Crippen LogP contribution in [-0.2, 0) is 29.5 Å². The van der Waals surface area contributed by atoms with Gasteiger partial charge in [-0.15, -0.1) is 5.10 Å². The van der Waals surface area contributed by atoms with E-state index >= 15 is 0 Å². The van der Waals surface area contributed by atoms with Gasteiger partial charge >= 0.3 is 5.97 Å². The van der Waals surface area contributed by atoms with E-state index in [4.69, 9.17) is 9.47 Å². The van der Waals surface area contributed by atoms with Gasteiger partial charge in [0.15, 0.2) is 0 Å². The second-order valence-corrected chi connectivity index (χ2v) is 10.8. The van der Waals surface area contributed by atoms with Crippen LogP contribution in [0.15, 0.2) is 48.7 Å². The molecule has 3 unspecified atom stereocenters.